The van der Waals surface area contributed by atoms with Gasteiger partial charge in [0.05, 0.1) is 6.61 Å². The normalized spacial score (nSPS) is 10.5. The Bertz CT molecular complexity index is 539. The van der Waals surface area contributed by atoms with Crippen LogP contribution < -0.4 is 5.32 Å². The van der Waals surface area contributed by atoms with Gasteiger partial charge >= 0.3 is 0 Å². The zero-order valence-corrected chi connectivity index (χ0v) is 12.2. The van der Waals surface area contributed by atoms with E-state index in [-0.39, 0.29) is 5.82 Å². The van der Waals surface area contributed by atoms with E-state index in [0.717, 1.165) is 21.3 Å². The number of halogens is 2. The Hall–Kier alpha value is -1.39. The molecule has 0 spiro atoms. The van der Waals surface area contributed by atoms with Gasteiger partial charge in [0.2, 0.25) is 0 Å². The van der Waals surface area contributed by atoms with E-state index in [2.05, 4.69) is 21.2 Å². The molecule has 100 valence electrons. The molecule has 0 bridgehead atoms. The van der Waals surface area contributed by atoms with Crippen LogP contribution in [0.3, 0.4) is 0 Å². The van der Waals surface area contributed by atoms with Crippen LogP contribution in [0, 0.1) is 5.82 Å². The number of rotatable bonds is 5. The third kappa shape index (κ3) is 4.33. The highest BCUT2D eigenvalue weighted by Gasteiger charge is 2.00. The molecule has 0 aliphatic heterocycles. The van der Waals surface area contributed by atoms with Crippen LogP contribution in [0.25, 0.3) is 0 Å². The maximum atomic E-state index is 13.2. The zero-order valence-electron chi connectivity index (χ0n) is 10.6. The predicted molar refractivity (Wildman–Crippen MR) is 78.6 cm³/mol. The van der Waals surface area contributed by atoms with Crippen molar-refractivity contribution in [2.45, 2.75) is 13.2 Å². The third-order valence-electron chi connectivity index (χ3n) is 2.66. The first-order valence-corrected chi connectivity index (χ1v) is 6.73. The Balaban J connectivity index is 2.03. The smallest absolute Gasteiger partial charge is 0.124 e. The van der Waals surface area contributed by atoms with E-state index in [1.165, 1.54) is 12.1 Å². The average molecular weight is 324 g/mol. The van der Waals surface area contributed by atoms with Gasteiger partial charge in [-0.05, 0) is 41.5 Å². The Labute approximate surface area is 120 Å². The zero-order chi connectivity index (χ0) is 13.7. The standard InChI is InChI=1S/C15H15BrFNO/c1-19-10-11-3-2-4-15(7-11)18-9-12-5-13(16)8-14(17)6-12/h2-8,18H,9-10H2,1H3. The summed E-state index contributed by atoms with van der Waals surface area (Å²) < 4.78 is 19.1. The second kappa shape index (κ2) is 6.68. The fourth-order valence-electron chi connectivity index (χ4n) is 1.85. The van der Waals surface area contributed by atoms with Crippen LogP contribution in [0.15, 0.2) is 46.9 Å². The molecule has 0 radical (unpaired) electrons. The number of nitrogens with one attached hydrogen (secondary N) is 1. The highest BCUT2D eigenvalue weighted by molar-refractivity contribution is 9.10. The summed E-state index contributed by atoms with van der Waals surface area (Å²) in [5.74, 6) is -0.237. The van der Waals surface area contributed by atoms with Crippen molar-refractivity contribution in [3.05, 3.63) is 63.9 Å². The Kier molecular flexibility index (Phi) is 4.93. The van der Waals surface area contributed by atoms with E-state index >= 15 is 0 Å². The van der Waals surface area contributed by atoms with Gasteiger partial charge in [-0.1, -0.05) is 28.1 Å². The van der Waals surface area contributed by atoms with Crippen molar-refractivity contribution >= 4 is 21.6 Å². The van der Waals surface area contributed by atoms with Crippen LogP contribution in [-0.4, -0.2) is 7.11 Å². The highest BCUT2D eigenvalue weighted by atomic mass is 79.9. The van der Waals surface area contributed by atoms with E-state index < -0.39 is 0 Å². The second-order valence-electron chi connectivity index (χ2n) is 4.26. The molecule has 2 nitrogen and oxygen atoms in total. The average Bonchev–Trinajstić information content (AvgIpc) is 2.36. The van der Waals surface area contributed by atoms with Gasteiger partial charge in [-0.25, -0.2) is 4.39 Å². The molecule has 0 atom stereocenters. The highest BCUT2D eigenvalue weighted by Crippen LogP contribution is 2.17. The summed E-state index contributed by atoms with van der Waals surface area (Å²) in [6.07, 6.45) is 0. The molecule has 2 aromatic carbocycles. The SMILES string of the molecule is COCc1cccc(NCc2cc(F)cc(Br)c2)c1. The summed E-state index contributed by atoms with van der Waals surface area (Å²) in [5, 5.41) is 3.27. The predicted octanol–water partition coefficient (Wildman–Crippen LogP) is 4.35. The first-order chi connectivity index (χ1) is 9.17. The molecule has 19 heavy (non-hydrogen) atoms. The van der Waals surface area contributed by atoms with Crippen LogP contribution in [0.5, 0.6) is 0 Å². The maximum absolute atomic E-state index is 13.2. The van der Waals surface area contributed by atoms with E-state index in [1.54, 1.807) is 7.11 Å². The quantitative estimate of drug-likeness (QED) is 0.883. The lowest BCUT2D eigenvalue weighted by molar-refractivity contribution is 0.185. The molecule has 0 unspecified atom stereocenters. The van der Waals surface area contributed by atoms with Crippen LogP contribution >= 0.6 is 15.9 Å². The number of ether oxygens (including phenoxy) is 1. The van der Waals surface area contributed by atoms with Crippen molar-refractivity contribution in [3.63, 3.8) is 0 Å². The Morgan fingerprint density at radius 1 is 1.16 bits per heavy atom. The second-order valence-corrected chi connectivity index (χ2v) is 5.18. The monoisotopic (exact) mass is 323 g/mol. The summed E-state index contributed by atoms with van der Waals surface area (Å²) in [7, 11) is 1.67. The lowest BCUT2D eigenvalue weighted by Crippen LogP contribution is -2.00. The van der Waals surface area contributed by atoms with Crippen LogP contribution in [0.1, 0.15) is 11.1 Å². The molecule has 0 amide bonds. The molecule has 1 N–H and O–H groups in total. The molecule has 2 aromatic rings. The van der Waals surface area contributed by atoms with E-state index in [4.69, 9.17) is 4.74 Å². The Morgan fingerprint density at radius 2 is 2.00 bits per heavy atom. The van der Waals surface area contributed by atoms with E-state index in [9.17, 15) is 4.39 Å². The molecule has 0 aliphatic rings. The van der Waals surface area contributed by atoms with E-state index in [0.29, 0.717) is 13.2 Å². The summed E-state index contributed by atoms with van der Waals surface area (Å²) >= 11 is 3.29. The maximum Gasteiger partial charge on any atom is 0.124 e. The molecule has 0 saturated heterocycles. The Morgan fingerprint density at radius 3 is 2.74 bits per heavy atom. The molecule has 0 aromatic heterocycles. The topological polar surface area (TPSA) is 21.3 Å². The van der Waals surface area contributed by atoms with Gasteiger partial charge in [0.15, 0.2) is 0 Å². The number of anilines is 1. The van der Waals surface area contributed by atoms with Crippen LogP contribution in [0.4, 0.5) is 10.1 Å². The minimum atomic E-state index is -0.237. The van der Waals surface area contributed by atoms with Crippen molar-refractivity contribution in [1.29, 1.82) is 0 Å². The molecule has 0 fully saturated rings. The van der Waals surface area contributed by atoms with Gasteiger partial charge < -0.3 is 10.1 Å². The number of hydrogen-bond acceptors (Lipinski definition) is 2. The molecule has 0 heterocycles. The molecule has 2 rings (SSSR count). The third-order valence-corrected chi connectivity index (χ3v) is 3.11. The molecular formula is C15H15BrFNO. The van der Waals surface area contributed by atoms with Gasteiger partial charge in [-0.15, -0.1) is 0 Å². The van der Waals surface area contributed by atoms with Crippen molar-refractivity contribution < 1.29 is 9.13 Å². The largest absolute Gasteiger partial charge is 0.381 e. The fourth-order valence-corrected chi connectivity index (χ4v) is 2.37. The lowest BCUT2D eigenvalue weighted by Gasteiger charge is -2.09. The molecule has 4 heteroatoms. The summed E-state index contributed by atoms with van der Waals surface area (Å²) in [6, 6.07) is 12.9. The minimum absolute atomic E-state index is 0.237. The van der Waals surface area contributed by atoms with Crippen molar-refractivity contribution in [3.8, 4) is 0 Å². The van der Waals surface area contributed by atoms with Gasteiger partial charge in [-0.2, -0.15) is 0 Å². The molecule has 0 saturated carbocycles. The van der Waals surface area contributed by atoms with Gasteiger partial charge in [0, 0.05) is 23.8 Å². The first-order valence-electron chi connectivity index (χ1n) is 5.94. The number of hydrogen-bond donors (Lipinski definition) is 1. The summed E-state index contributed by atoms with van der Waals surface area (Å²) in [4.78, 5) is 0. The first kappa shape index (κ1) is 14.0. The van der Waals surface area contributed by atoms with Crippen molar-refractivity contribution in [1.82, 2.24) is 0 Å². The number of benzene rings is 2. The lowest BCUT2D eigenvalue weighted by atomic mass is 10.2. The van der Waals surface area contributed by atoms with Crippen molar-refractivity contribution in [2.75, 3.05) is 12.4 Å². The van der Waals surface area contributed by atoms with Gasteiger partial charge in [0.25, 0.3) is 0 Å². The van der Waals surface area contributed by atoms with E-state index in [1.807, 2.05) is 30.3 Å². The van der Waals surface area contributed by atoms with Crippen molar-refractivity contribution in [2.24, 2.45) is 0 Å². The molecule has 0 aliphatic carbocycles. The molecular weight excluding hydrogens is 309 g/mol. The van der Waals surface area contributed by atoms with Gasteiger partial charge in [-0.3, -0.25) is 0 Å². The summed E-state index contributed by atoms with van der Waals surface area (Å²) in [6.45, 7) is 1.16. The van der Waals surface area contributed by atoms with Gasteiger partial charge in [0.1, 0.15) is 5.82 Å². The summed E-state index contributed by atoms with van der Waals surface area (Å²) in [5.41, 5.74) is 2.99. The fraction of sp³-hybridized carbons (Fsp3) is 0.200. The van der Waals surface area contributed by atoms with Crippen LogP contribution in [-0.2, 0) is 17.9 Å². The number of methoxy groups -OCH3 is 1. The minimum Gasteiger partial charge on any atom is -0.381 e. The van der Waals surface area contributed by atoms with Crippen LogP contribution in [0.2, 0.25) is 0 Å².